The molecule has 3 rings (SSSR count). The maximum Gasteiger partial charge on any atom is 0.173 e. The maximum absolute atomic E-state index is 4.42. The van der Waals surface area contributed by atoms with Crippen LogP contribution in [0.15, 0.2) is 59.9 Å². The van der Waals surface area contributed by atoms with E-state index in [0.717, 1.165) is 31.0 Å². The molecule has 0 atom stereocenters. The van der Waals surface area contributed by atoms with E-state index in [-0.39, 0.29) is 17.0 Å². The summed E-state index contributed by atoms with van der Waals surface area (Å²) >= 11 is 0. The van der Waals surface area contributed by atoms with Gasteiger partial charge in [-0.05, 0) is 0 Å². The zero-order valence-electron chi connectivity index (χ0n) is 10.6. The Hall–Kier alpha value is -1.68. The van der Waals surface area contributed by atoms with Gasteiger partial charge in [0.25, 0.3) is 0 Å². The molecule has 2 heterocycles. The number of nitrogens with one attached hydrogen (secondary N) is 1. The standard InChI is InChI=1S/C15H16N3.BrH/c1-2-4-13(5-3-1)12-18-10-6-14(7-11-18)15-16-8-9-17-15;/h1-7,10-11H,8-9,12H2,(H,16,17);1H/q+1;. The van der Waals surface area contributed by atoms with Crippen molar-refractivity contribution in [1.82, 2.24) is 5.32 Å². The molecule has 1 aliphatic heterocycles. The number of hydrogen-bond donors (Lipinski definition) is 1. The van der Waals surface area contributed by atoms with Gasteiger partial charge in [-0.15, -0.1) is 17.0 Å². The highest BCUT2D eigenvalue weighted by molar-refractivity contribution is 8.93. The Bertz CT molecular complexity index is 549. The number of amidine groups is 1. The van der Waals surface area contributed by atoms with E-state index in [4.69, 9.17) is 0 Å². The number of benzene rings is 1. The molecular weight excluding hydrogens is 302 g/mol. The number of hydrogen-bond acceptors (Lipinski definition) is 2. The summed E-state index contributed by atoms with van der Waals surface area (Å²) in [5.74, 6) is 1.02. The van der Waals surface area contributed by atoms with Gasteiger partial charge in [-0.25, -0.2) is 4.57 Å². The van der Waals surface area contributed by atoms with Gasteiger partial charge >= 0.3 is 0 Å². The fraction of sp³-hybridized carbons (Fsp3) is 0.200. The monoisotopic (exact) mass is 318 g/mol. The van der Waals surface area contributed by atoms with E-state index in [1.165, 1.54) is 5.56 Å². The van der Waals surface area contributed by atoms with Crippen molar-refractivity contribution in [1.29, 1.82) is 0 Å². The molecule has 0 bridgehead atoms. The van der Waals surface area contributed by atoms with E-state index in [1.54, 1.807) is 0 Å². The number of halogens is 1. The van der Waals surface area contributed by atoms with Gasteiger partial charge in [-0.3, -0.25) is 4.99 Å². The second-order valence-corrected chi connectivity index (χ2v) is 4.40. The van der Waals surface area contributed by atoms with Gasteiger partial charge in [0, 0.05) is 29.8 Å². The molecule has 3 nitrogen and oxygen atoms in total. The second-order valence-electron chi connectivity index (χ2n) is 4.40. The topological polar surface area (TPSA) is 28.3 Å². The molecule has 98 valence electrons. The van der Waals surface area contributed by atoms with Crippen LogP contribution >= 0.6 is 17.0 Å². The summed E-state index contributed by atoms with van der Waals surface area (Å²) < 4.78 is 2.17. The zero-order valence-corrected chi connectivity index (χ0v) is 12.3. The molecule has 0 spiro atoms. The zero-order chi connectivity index (χ0) is 12.2. The van der Waals surface area contributed by atoms with Gasteiger partial charge in [0.15, 0.2) is 18.9 Å². The van der Waals surface area contributed by atoms with Crippen LogP contribution in [-0.2, 0) is 6.54 Å². The summed E-state index contributed by atoms with van der Waals surface area (Å²) in [6.07, 6.45) is 4.20. The second kappa shape index (κ2) is 6.48. The van der Waals surface area contributed by atoms with Crippen molar-refractivity contribution in [3.05, 3.63) is 66.0 Å². The summed E-state index contributed by atoms with van der Waals surface area (Å²) in [7, 11) is 0. The molecule has 0 fully saturated rings. The summed E-state index contributed by atoms with van der Waals surface area (Å²) in [6, 6.07) is 14.7. The highest BCUT2D eigenvalue weighted by Gasteiger charge is 2.09. The van der Waals surface area contributed by atoms with Crippen LogP contribution in [0.25, 0.3) is 0 Å². The lowest BCUT2D eigenvalue weighted by Crippen LogP contribution is -2.33. The smallest absolute Gasteiger partial charge is 0.173 e. The van der Waals surface area contributed by atoms with Crippen LogP contribution in [0.3, 0.4) is 0 Å². The molecule has 1 aromatic heterocycles. The van der Waals surface area contributed by atoms with E-state index < -0.39 is 0 Å². The van der Waals surface area contributed by atoms with E-state index >= 15 is 0 Å². The summed E-state index contributed by atoms with van der Waals surface area (Å²) in [5.41, 5.74) is 2.48. The predicted octanol–water partition coefficient (Wildman–Crippen LogP) is 1.95. The molecule has 0 saturated carbocycles. The van der Waals surface area contributed by atoms with E-state index in [2.05, 4.69) is 63.7 Å². The molecular formula is C15H17BrN3+. The van der Waals surface area contributed by atoms with Gasteiger partial charge in [-0.1, -0.05) is 30.3 Å². The van der Waals surface area contributed by atoms with Crippen molar-refractivity contribution < 1.29 is 4.57 Å². The van der Waals surface area contributed by atoms with E-state index in [0.29, 0.717) is 0 Å². The normalized spacial score (nSPS) is 13.4. The quantitative estimate of drug-likeness (QED) is 0.861. The summed E-state index contributed by atoms with van der Waals surface area (Å²) in [5, 5.41) is 3.28. The first-order valence-corrected chi connectivity index (χ1v) is 6.23. The Morgan fingerprint density at radius 2 is 1.79 bits per heavy atom. The van der Waals surface area contributed by atoms with Crippen LogP contribution in [0, 0.1) is 0 Å². The number of nitrogens with zero attached hydrogens (tertiary/aromatic N) is 2. The highest BCUT2D eigenvalue weighted by atomic mass is 79.9. The summed E-state index contributed by atoms with van der Waals surface area (Å²) in [6.45, 7) is 2.74. The van der Waals surface area contributed by atoms with Crippen molar-refractivity contribution in [2.75, 3.05) is 13.1 Å². The third kappa shape index (κ3) is 3.41. The minimum atomic E-state index is 0. The van der Waals surface area contributed by atoms with Crippen molar-refractivity contribution in [2.24, 2.45) is 4.99 Å². The number of aliphatic imine (C=N–C) groups is 1. The lowest BCUT2D eigenvalue weighted by atomic mass is 10.2. The molecule has 0 saturated heterocycles. The lowest BCUT2D eigenvalue weighted by Gasteiger charge is -2.01. The first-order valence-electron chi connectivity index (χ1n) is 6.23. The average molecular weight is 319 g/mol. The van der Waals surface area contributed by atoms with Crippen molar-refractivity contribution >= 4 is 22.8 Å². The number of pyridine rings is 1. The fourth-order valence-electron chi connectivity index (χ4n) is 2.11. The van der Waals surface area contributed by atoms with E-state index in [1.807, 2.05) is 6.07 Å². The Morgan fingerprint density at radius 1 is 1.05 bits per heavy atom. The average Bonchev–Trinajstić information content (AvgIpc) is 2.95. The molecule has 0 radical (unpaired) electrons. The molecule has 19 heavy (non-hydrogen) atoms. The van der Waals surface area contributed by atoms with Crippen LogP contribution in [0.2, 0.25) is 0 Å². The largest absolute Gasteiger partial charge is 0.368 e. The molecule has 0 amide bonds. The lowest BCUT2D eigenvalue weighted by molar-refractivity contribution is -0.688. The maximum atomic E-state index is 4.42. The van der Waals surface area contributed by atoms with Gasteiger partial charge in [0.1, 0.15) is 5.84 Å². The minimum Gasteiger partial charge on any atom is -0.368 e. The van der Waals surface area contributed by atoms with Crippen LogP contribution in [0.4, 0.5) is 0 Å². The van der Waals surface area contributed by atoms with E-state index in [9.17, 15) is 0 Å². The number of rotatable bonds is 3. The van der Waals surface area contributed by atoms with Crippen LogP contribution < -0.4 is 9.88 Å². The van der Waals surface area contributed by atoms with Crippen molar-refractivity contribution in [3.63, 3.8) is 0 Å². The first-order chi connectivity index (χ1) is 8.92. The molecule has 0 unspecified atom stereocenters. The fourth-order valence-corrected chi connectivity index (χ4v) is 2.11. The van der Waals surface area contributed by atoms with Crippen LogP contribution in [0.5, 0.6) is 0 Å². The molecule has 2 aromatic rings. The summed E-state index contributed by atoms with van der Waals surface area (Å²) in [4.78, 5) is 4.42. The van der Waals surface area contributed by atoms with Crippen LogP contribution in [0.1, 0.15) is 11.1 Å². The molecule has 1 aliphatic rings. The Kier molecular flexibility index (Phi) is 4.68. The third-order valence-electron chi connectivity index (χ3n) is 3.05. The molecule has 4 heteroatoms. The molecule has 0 aliphatic carbocycles. The molecule has 1 N–H and O–H groups in total. The van der Waals surface area contributed by atoms with Gasteiger partial charge < -0.3 is 5.32 Å². The Balaban J connectivity index is 0.00000133. The van der Waals surface area contributed by atoms with Gasteiger partial charge in [-0.2, -0.15) is 0 Å². The number of aromatic nitrogens is 1. The SMILES string of the molecule is Br.c1ccc(C[n+]2ccc(C3=NCCN3)cc2)cc1. The first kappa shape index (κ1) is 13.7. The van der Waals surface area contributed by atoms with Crippen LogP contribution in [-0.4, -0.2) is 18.9 Å². The minimum absolute atomic E-state index is 0. The highest BCUT2D eigenvalue weighted by Crippen LogP contribution is 2.01. The van der Waals surface area contributed by atoms with Gasteiger partial charge in [0.05, 0.1) is 6.54 Å². The van der Waals surface area contributed by atoms with Crippen molar-refractivity contribution in [3.8, 4) is 0 Å². The molecule has 1 aromatic carbocycles. The predicted molar refractivity (Wildman–Crippen MR) is 81.9 cm³/mol. The van der Waals surface area contributed by atoms with Crippen molar-refractivity contribution in [2.45, 2.75) is 6.54 Å². The van der Waals surface area contributed by atoms with Gasteiger partial charge in [0.2, 0.25) is 0 Å². The third-order valence-corrected chi connectivity index (χ3v) is 3.05. The Morgan fingerprint density at radius 3 is 2.42 bits per heavy atom. The Labute approximate surface area is 123 Å².